The van der Waals surface area contributed by atoms with E-state index in [-0.39, 0.29) is 10.2 Å². The molecule has 0 aromatic rings. The van der Waals surface area contributed by atoms with Crippen molar-refractivity contribution in [2.45, 2.75) is 37.9 Å². The molecule has 2 fully saturated rings. The van der Waals surface area contributed by atoms with Crippen LogP contribution in [0.15, 0.2) is 0 Å². The van der Waals surface area contributed by atoms with Crippen LogP contribution in [0.3, 0.4) is 0 Å². The summed E-state index contributed by atoms with van der Waals surface area (Å²) in [6.45, 7) is 6.28. The molecule has 0 aromatic carbocycles. The summed E-state index contributed by atoms with van der Waals surface area (Å²) in [5, 5.41) is 0. The molecule has 1 saturated heterocycles. The second-order valence-corrected chi connectivity index (χ2v) is 7.88. The van der Waals surface area contributed by atoms with Gasteiger partial charge in [0.05, 0.1) is 0 Å². The van der Waals surface area contributed by atoms with Gasteiger partial charge in [-0.2, -0.15) is 24.4 Å². The molecule has 0 radical (unpaired) electrons. The molecule has 1 heterocycles. The highest BCUT2D eigenvalue weighted by Crippen LogP contribution is 2.50. The lowest BCUT2D eigenvalue weighted by Gasteiger charge is -2.38. The number of nitrogens with zero attached hydrogens (tertiary/aromatic N) is 1. The van der Waals surface area contributed by atoms with Gasteiger partial charge in [0, 0.05) is 30.0 Å². The minimum Gasteiger partial charge on any atom is -0.340 e. The monoisotopic (exact) mass is 259 g/mol. The van der Waals surface area contributed by atoms with E-state index in [0.29, 0.717) is 5.91 Å². The number of rotatable bonds is 3. The van der Waals surface area contributed by atoms with E-state index in [4.69, 9.17) is 0 Å². The second-order valence-electron chi connectivity index (χ2n) is 5.76. The van der Waals surface area contributed by atoms with E-state index in [9.17, 15) is 4.79 Å². The van der Waals surface area contributed by atoms with Crippen LogP contribution in [0, 0.1) is 5.41 Å². The predicted molar refractivity (Wildman–Crippen MR) is 73.3 cm³/mol. The maximum absolute atomic E-state index is 12.2. The van der Waals surface area contributed by atoms with E-state index in [1.807, 2.05) is 11.8 Å². The third-order valence-electron chi connectivity index (χ3n) is 3.60. The van der Waals surface area contributed by atoms with Crippen LogP contribution < -0.4 is 0 Å². The second kappa shape index (κ2) is 4.45. The van der Waals surface area contributed by atoms with Gasteiger partial charge in [-0.3, -0.25) is 4.79 Å². The summed E-state index contributed by atoms with van der Waals surface area (Å²) in [4.78, 5) is 14.2. The van der Waals surface area contributed by atoms with E-state index in [1.165, 1.54) is 12.8 Å². The fourth-order valence-electron chi connectivity index (χ4n) is 2.23. The summed E-state index contributed by atoms with van der Waals surface area (Å²) in [6.07, 6.45) is 3.10. The fraction of sp³-hybridized carbons (Fsp3) is 0.917. The zero-order valence-electron chi connectivity index (χ0n) is 10.2. The lowest BCUT2D eigenvalue weighted by molar-refractivity contribution is -0.132. The zero-order valence-corrected chi connectivity index (χ0v) is 11.9. The summed E-state index contributed by atoms with van der Waals surface area (Å²) < 4.78 is 0.228. The van der Waals surface area contributed by atoms with Gasteiger partial charge in [0.2, 0.25) is 5.91 Å². The van der Waals surface area contributed by atoms with Gasteiger partial charge in [-0.25, -0.2) is 0 Å². The molecule has 1 saturated carbocycles. The Hall–Kier alpha value is 0.170. The van der Waals surface area contributed by atoms with Gasteiger partial charge >= 0.3 is 0 Å². The van der Waals surface area contributed by atoms with Crippen LogP contribution in [0.25, 0.3) is 0 Å². The van der Waals surface area contributed by atoms with E-state index >= 15 is 0 Å². The van der Waals surface area contributed by atoms with Crippen LogP contribution in [0.2, 0.25) is 0 Å². The highest BCUT2D eigenvalue weighted by molar-refractivity contribution is 8.00. The van der Waals surface area contributed by atoms with Crippen LogP contribution in [0.1, 0.15) is 33.1 Å². The van der Waals surface area contributed by atoms with Crippen molar-refractivity contribution < 1.29 is 4.79 Å². The zero-order chi connectivity index (χ0) is 11.8. The topological polar surface area (TPSA) is 20.3 Å². The normalized spacial score (nSPS) is 26.6. The van der Waals surface area contributed by atoms with Crippen molar-refractivity contribution in [1.29, 1.82) is 0 Å². The van der Waals surface area contributed by atoms with E-state index in [0.717, 1.165) is 31.0 Å². The van der Waals surface area contributed by atoms with Crippen LogP contribution >= 0.6 is 24.4 Å². The Bertz CT molecular complexity index is 287. The Kier molecular flexibility index (Phi) is 3.51. The molecular formula is C12H21NOS2. The minimum atomic E-state index is 0.228. The van der Waals surface area contributed by atoms with E-state index in [1.54, 1.807) is 0 Å². The molecule has 1 aliphatic carbocycles. The van der Waals surface area contributed by atoms with Crippen molar-refractivity contribution in [3.63, 3.8) is 0 Å². The van der Waals surface area contributed by atoms with Crippen molar-refractivity contribution in [2.75, 3.05) is 24.6 Å². The summed E-state index contributed by atoms with van der Waals surface area (Å²) in [7, 11) is 0. The predicted octanol–water partition coefficient (Wildman–Crippen LogP) is 2.44. The van der Waals surface area contributed by atoms with Gasteiger partial charge in [-0.1, -0.05) is 0 Å². The summed E-state index contributed by atoms with van der Waals surface area (Å²) in [5.41, 5.74) is 0.259. The molecule has 2 aliphatic rings. The molecule has 16 heavy (non-hydrogen) atoms. The lowest BCUT2D eigenvalue weighted by Crippen LogP contribution is -2.46. The van der Waals surface area contributed by atoms with E-state index < -0.39 is 0 Å². The molecule has 1 amide bonds. The van der Waals surface area contributed by atoms with Crippen molar-refractivity contribution >= 4 is 30.3 Å². The van der Waals surface area contributed by atoms with Gasteiger partial charge in [-0.05, 0) is 37.9 Å². The highest BCUT2D eigenvalue weighted by Gasteiger charge is 2.44. The van der Waals surface area contributed by atoms with Gasteiger partial charge in [0.15, 0.2) is 0 Å². The first-order valence-electron chi connectivity index (χ1n) is 5.99. The SMILES string of the molecule is CC1(C)CN(C(=O)CC2(CS)CC2)CCS1. The number of carbonyl (C=O) groups is 1. The summed E-state index contributed by atoms with van der Waals surface area (Å²) >= 11 is 6.33. The number of hydrogen-bond acceptors (Lipinski definition) is 3. The molecule has 0 atom stereocenters. The van der Waals surface area contributed by atoms with Crippen molar-refractivity contribution in [1.82, 2.24) is 4.90 Å². The van der Waals surface area contributed by atoms with Crippen LogP contribution in [0.4, 0.5) is 0 Å². The standard InChI is InChI=1S/C12H21NOS2/c1-11(2)8-13(5-6-16-11)10(14)7-12(9-15)3-4-12/h15H,3-9H2,1-2H3. The fourth-order valence-corrected chi connectivity index (χ4v) is 3.77. The average molecular weight is 259 g/mol. The molecule has 1 aliphatic heterocycles. The minimum absolute atomic E-state index is 0.228. The van der Waals surface area contributed by atoms with Crippen LogP contribution in [-0.2, 0) is 4.79 Å². The number of carbonyl (C=O) groups excluding carboxylic acids is 1. The molecule has 92 valence electrons. The Balaban J connectivity index is 1.89. The third-order valence-corrected chi connectivity index (χ3v) is 5.57. The molecule has 0 spiro atoms. The number of thioether (sulfide) groups is 1. The highest BCUT2D eigenvalue weighted by atomic mass is 32.2. The lowest BCUT2D eigenvalue weighted by atomic mass is 10.0. The number of hydrogen-bond donors (Lipinski definition) is 1. The first kappa shape index (κ1) is 12.6. The van der Waals surface area contributed by atoms with Gasteiger partial charge in [0.1, 0.15) is 0 Å². The van der Waals surface area contributed by atoms with Crippen LogP contribution in [0.5, 0.6) is 0 Å². The Morgan fingerprint density at radius 2 is 2.12 bits per heavy atom. The maximum atomic E-state index is 12.2. The molecule has 0 bridgehead atoms. The molecule has 2 nitrogen and oxygen atoms in total. The van der Waals surface area contributed by atoms with E-state index in [2.05, 4.69) is 31.4 Å². The third kappa shape index (κ3) is 2.89. The van der Waals surface area contributed by atoms with Crippen molar-refractivity contribution in [3.8, 4) is 0 Å². The van der Waals surface area contributed by atoms with Gasteiger partial charge in [0.25, 0.3) is 0 Å². The summed E-state index contributed by atoms with van der Waals surface area (Å²) in [6, 6.07) is 0. The molecule has 4 heteroatoms. The molecule has 0 aromatic heterocycles. The molecule has 2 rings (SSSR count). The van der Waals surface area contributed by atoms with Crippen LogP contribution in [-0.4, -0.2) is 40.1 Å². The maximum Gasteiger partial charge on any atom is 0.223 e. The number of amides is 1. The number of thiol groups is 1. The Morgan fingerprint density at radius 1 is 1.44 bits per heavy atom. The molecule has 0 N–H and O–H groups in total. The largest absolute Gasteiger partial charge is 0.340 e. The smallest absolute Gasteiger partial charge is 0.223 e. The Labute approximate surface area is 108 Å². The summed E-state index contributed by atoms with van der Waals surface area (Å²) in [5.74, 6) is 2.29. The van der Waals surface area contributed by atoms with Crippen molar-refractivity contribution in [3.05, 3.63) is 0 Å². The average Bonchev–Trinajstić information content (AvgIpc) is 2.97. The quantitative estimate of drug-likeness (QED) is 0.786. The van der Waals surface area contributed by atoms with Gasteiger partial charge < -0.3 is 4.90 Å². The molecule has 0 unspecified atom stereocenters. The first-order chi connectivity index (χ1) is 7.46. The van der Waals surface area contributed by atoms with Gasteiger partial charge in [-0.15, -0.1) is 0 Å². The van der Waals surface area contributed by atoms with Crippen molar-refractivity contribution in [2.24, 2.45) is 5.41 Å². The molecular weight excluding hydrogens is 238 g/mol. The Morgan fingerprint density at radius 3 is 2.62 bits per heavy atom. The first-order valence-corrected chi connectivity index (χ1v) is 7.61.